The van der Waals surface area contributed by atoms with Crippen LogP contribution in [-0.2, 0) is 19.1 Å². The number of nitrogens with zero attached hydrogens (tertiary/aromatic N) is 2. The van der Waals surface area contributed by atoms with Crippen LogP contribution in [-0.4, -0.2) is 41.4 Å². The first-order chi connectivity index (χ1) is 13.8. The summed E-state index contributed by atoms with van der Waals surface area (Å²) in [6.07, 6.45) is 4.04. The molecule has 1 saturated heterocycles. The summed E-state index contributed by atoms with van der Waals surface area (Å²) in [5, 5.41) is 10.2. The molecule has 1 aromatic carbocycles. The normalized spacial score (nSPS) is 27.6. The van der Waals surface area contributed by atoms with Crippen molar-refractivity contribution in [2.45, 2.75) is 24.9 Å². The number of fused-ring (bicyclic) bond motifs is 1. The average molecular weight is 398 g/mol. The van der Waals surface area contributed by atoms with Gasteiger partial charge in [0.25, 0.3) is 0 Å². The second kappa shape index (κ2) is 7.39. The number of rotatable bonds is 5. The van der Waals surface area contributed by atoms with Crippen molar-refractivity contribution in [2.24, 2.45) is 16.9 Å². The minimum Gasteiger partial charge on any atom is -0.465 e. The van der Waals surface area contributed by atoms with Gasteiger partial charge in [-0.05, 0) is 24.6 Å². The summed E-state index contributed by atoms with van der Waals surface area (Å²) in [7, 11) is 0. The molecule has 2 heterocycles. The first-order valence-corrected chi connectivity index (χ1v) is 8.89. The van der Waals surface area contributed by atoms with Crippen LogP contribution in [0.1, 0.15) is 18.4 Å². The summed E-state index contributed by atoms with van der Waals surface area (Å²) < 4.78 is 19.9. The van der Waals surface area contributed by atoms with E-state index in [1.165, 1.54) is 47.5 Å². The van der Waals surface area contributed by atoms with E-state index in [9.17, 15) is 24.0 Å². The van der Waals surface area contributed by atoms with Crippen molar-refractivity contribution < 1.29 is 23.5 Å². The first-order valence-electron chi connectivity index (χ1n) is 8.89. The van der Waals surface area contributed by atoms with Crippen LogP contribution in [0.5, 0.6) is 0 Å². The van der Waals surface area contributed by atoms with Crippen molar-refractivity contribution in [3.05, 3.63) is 59.6 Å². The van der Waals surface area contributed by atoms with Crippen molar-refractivity contribution >= 4 is 17.8 Å². The average Bonchev–Trinajstić information content (AvgIpc) is 2.99. The molecule has 4 N–H and O–H groups in total. The lowest BCUT2D eigenvalue weighted by molar-refractivity contribution is -0.153. The molecule has 3 rings (SSSR count). The van der Waals surface area contributed by atoms with Crippen LogP contribution in [0.4, 0.5) is 4.39 Å². The standard InChI is InChI=1S/C20H19FN4O4/c1-2-29-19(28)20(10-22)14-8-7-11(17(23)26)9-25(14)16(18(24)27)15(20)12-5-3-4-6-13(12)21/h3-9,14-16H,2H2,1H3,(H2,23,26)(H2,24,27)/t14-,15+,16-,20-/m0/s1. The number of nitrogens with two attached hydrogens (primary N) is 2. The van der Waals surface area contributed by atoms with Crippen LogP contribution in [0, 0.1) is 22.6 Å². The van der Waals surface area contributed by atoms with Crippen LogP contribution in [0.3, 0.4) is 0 Å². The maximum atomic E-state index is 14.8. The van der Waals surface area contributed by atoms with E-state index in [0.717, 1.165) is 0 Å². The lowest BCUT2D eigenvalue weighted by Gasteiger charge is -2.32. The Bertz CT molecular complexity index is 983. The van der Waals surface area contributed by atoms with Crippen molar-refractivity contribution in [3.63, 3.8) is 0 Å². The Morgan fingerprint density at radius 3 is 2.55 bits per heavy atom. The number of benzene rings is 1. The monoisotopic (exact) mass is 398 g/mol. The van der Waals surface area contributed by atoms with Crippen molar-refractivity contribution in [2.75, 3.05) is 6.61 Å². The molecule has 0 saturated carbocycles. The molecule has 0 unspecified atom stereocenters. The van der Waals surface area contributed by atoms with Gasteiger partial charge in [0.2, 0.25) is 11.8 Å². The van der Waals surface area contributed by atoms with Crippen molar-refractivity contribution in [1.29, 1.82) is 5.26 Å². The molecule has 9 heteroatoms. The molecule has 29 heavy (non-hydrogen) atoms. The van der Waals surface area contributed by atoms with E-state index < -0.39 is 47.0 Å². The van der Waals surface area contributed by atoms with Crippen LogP contribution < -0.4 is 11.5 Å². The van der Waals surface area contributed by atoms with Gasteiger partial charge in [-0.3, -0.25) is 14.4 Å². The van der Waals surface area contributed by atoms with Gasteiger partial charge in [0.15, 0.2) is 5.41 Å². The zero-order valence-corrected chi connectivity index (χ0v) is 15.5. The van der Waals surface area contributed by atoms with Gasteiger partial charge in [-0.25, -0.2) is 4.39 Å². The third-order valence-electron chi connectivity index (χ3n) is 5.28. The Kier molecular flexibility index (Phi) is 5.12. The number of ether oxygens (including phenoxy) is 1. The Morgan fingerprint density at radius 1 is 1.31 bits per heavy atom. The van der Waals surface area contributed by atoms with Gasteiger partial charge in [-0.1, -0.05) is 24.3 Å². The first kappa shape index (κ1) is 20.1. The van der Waals surface area contributed by atoms with Gasteiger partial charge in [-0.15, -0.1) is 0 Å². The summed E-state index contributed by atoms with van der Waals surface area (Å²) in [6, 6.07) is 5.20. The van der Waals surface area contributed by atoms with E-state index in [4.69, 9.17) is 16.2 Å². The summed E-state index contributed by atoms with van der Waals surface area (Å²) in [5.41, 5.74) is 9.00. The number of esters is 1. The van der Waals surface area contributed by atoms with Crippen LogP contribution >= 0.6 is 0 Å². The summed E-state index contributed by atoms with van der Waals surface area (Å²) in [4.78, 5) is 38.4. The molecule has 2 amide bonds. The smallest absolute Gasteiger partial charge is 0.329 e. The number of primary amides is 2. The van der Waals surface area contributed by atoms with Gasteiger partial charge in [-0.2, -0.15) is 5.26 Å². The quantitative estimate of drug-likeness (QED) is 0.691. The molecule has 0 aromatic heterocycles. The molecule has 4 atom stereocenters. The molecule has 0 spiro atoms. The summed E-state index contributed by atoms with van der Waals surface area (Å²) in [5.74, 6) is -4.54. The number of carbonyl (C=O) groups is 3. The second-order valence-electron chi connectivity index (χ2n) is 6.75. The third kappa shape index (κ3) is 2.93. The summed E-state index contributed by atoms with van der Waals surface area (Å²) >= 11 is 0. The molecular weight excluding hydrogens is 379 g/mol. The van der Waals surface area contributed by atoms with Crippen LogP contribution in [0.15, 0.2) is 48.2 Å². The SMILES string of the molecule is CCOC(=O)[C@]1(C#N)[C@H](c2ccccc2F)[C@@H](C(N)=O)N2C=C(C(N)=O)C=C[C@H]21. The van der Waals surface area contributed by atoms with E-state index in [1.54, 1.807) is 6.92 Å². The molecule has 2 aliphatic rings. The predicted octanol–water partition coefficient (Wildman–Crippen LogP) is 0.459. The lowest BCUT2D eigenvalue weighted by Crippen LogP contribution is -2.45. The van der Waals surface area contributed by atoms with Crippen molar-refractivity contribution in [3.8, 4) is 6.07 Å². The zero-order valence-electron chi connectivity index (χ0n) is 15.5. The minimum atomic E-state index is -1.98. The minimum absolute atomic E-state index is 0.0215. The third-order valence-corrected chi connectivity index (χ3v) is 5.28. The molecule has 0 radical (unpaired) electrons. The Hall–Kier alpha value is -3.67. The predicted molar refractivity (Wildman–Crippen MR) is 98.8 cm³/mol. The highest BCUT2D eigenvalue weighted by atomic mass is 19.1. The fraction of sp³-hybridized carbons (Fsp3) is 0.300. The number of hydrogen-bond donors (Lipinski definition) is 2. The van der Waals surface area contributed by atoms with E-state index in [0.29, 0.717) is 0 Å². The zero-order chi connectivity index (χ0) is 21.3. The molecule has 0 aliphatic carbocycles. The highest BCUT2D eigenvalue weighted by molar-refractivity contribution is 5.96. The highest BCUT2D eigenvalue weighted by Gasteiger charge is 2.66. The van der Waals surface area contributed by atoms with E-state index in [1.807, 2.05) is 6.07 Å². The molecule has 150 valence electrons. The van der Waals surface area contributed by atoms with Gasteiger partial charge in [0, 0.05) is 12.1 Å². The van der Waals surface area contributed by atoms with Gasteiger partial charge < -0.3 is 21.1 Å². The highest BCUT2D eigenvalue weighted by Crippen LogP contribution is 2.54. The number of carbonyl (C=O) groups excluding carboxylic acids is 3. The largest absolute Gasteiger partial charge is 0.465 e. The number of amides is 2. The van der Waals surface area contributed by atoms with Crippen molar-refractivity contribution in [1.82, 2.24) is 4.90 Å². The molecular formula is C20H19FN4O4. The maximum absolute atomic E-state index is 14.8. The fourth-order valence-corrected chi connectivity index (χ4v) is 4.10. The van der Waals surface area contributed by atoms with Gasteiger partial charge in [0.05, 0.1) is 24.3 Å². The van der Waals surface area contributed by atoms with E-state index in [2.05, 4.69) is 0 Å². The van der Waals surface area contributed by atoms with Crippen LogP contribution in [0.2, 0.25) is 0 Å². The molecule has 8 nitrogen and oxygen atoms in total. The Balaban J connectivity index is 2.32. The molecule has 1 fully saturated rings. The number of nitriles is 1. The second-order valence-corrected chi connectivity index (χ2v) is 6.75. The van der Waals surface area contributed by atoms with Crippen LogP contribution in [0.25, 0.3) is 0 Å². The molecule has 2 aliphatic heterocycles. The van der Waals surface area contributed by atoms with Gasteiger partial charge in [0.1, 0.15) is 11.9 Å². The Labute approximate surface area is 166 Å². The Morgan fingerprint density at radius 2 is 2.00 bits per heavy atom. The maximum Gasteiger partial charge on any atom is 0.329 e. The summed E-state index contributed by atoms with van der Waals surface area (Å²) in [6.45, 7) is 1.55. The molecule has 0 bridgehead atoms. The van der Waals surface area contributed by atoms with E-state index >= 15 is 0 Å². The number of halogens is 1. The fourth-order valence-electron chi connectivity index (χ4n) is 4.10. The topological polar surface area (TPSA) is 140 Å². The van der Waals surface area contributed by atoms with E-state index in [-0.39, 0.29) is 17.7 Å². The lowest BCUT2D eigenvalue weighted by atomic mass is 9.68. The molecule has 1 aromatic rings. The van der Waals surface area contributed by atoms with Gasteiger partial charge >= 0.3 is 5.97 Å². The number of hydrogen-bond acceptors (Lipinski definition) is 6.